The first-order valence-corrected chi connectivity index (χ1v) is 12.5. The molecule has 2 amide bonds. The molecular weight excluding hydrogens is 436 g/mol. The largest absolute Gasteiger partial charge is 0.444 e. The quantitative estimate of drug-likeness (QED) is 0.470. The lowest BCUT2D eigenvalue weighted by molar-refractivity contribution is -0.151. The lowest BCUT2D eigenvalue weighted by Crippen LogP contribution is -2.55. The van der Waals surface area contributed by atoms with Gasteiger partial charge in [-0.2, -0.15) is 0 Å². The third kappa shape index (κ3) is 7.55. The monoisotopic (exact) mass is 478 g/mol. The van der Waals surface area contributed by atoms with E-state index in [1.165, 1.54) is 5.57 Å². The molecule has 0 aromatic heterocycles. The maximum Gasteiger partial charge on any atom is 0.410 e. The highest BCUT2D eigenvalue weighted by Crippen LogP contribution is 2.34. The molecule has 1 saturated carbocycles. The van der Waals surface area contributed by atoms with Crippen LogP contribution in [0, 0.1) is 0 Å². The first kappa shape index (κ1) is 26.7. The zero-order chi connectivity index (χ0) is 24.9. The Kier molecular flexibility index (Phi) is 9.18. The molecule has 1 saturated heterocycles. The molecule has 3 aliphatic rings. The van der Waals surface area contributed by atoms with Crippen LogP contribution < -0.4 is 0 Å². The summed E-state index contributed by atoms with van der Waals surface area (Å²) in [6.07, 6.45) is 6.87. The average Bonchev–Trinajstić information content (AvgIpc) is 3.60. The maximum atomic E-state index is 13.7. The second-order valence-electron chi connectivity index (χ2n) is 10.5. The van der Waals surface area contributed by atoms with Gasteiger partial charge >= 0.3 is 6.09 Å². The number of rotatable bonds is 9. The number of carbonyl (C=O) groups excluding carboxylic acids is 2. The van der Waals surface area contributed by atoms with Gasteiger partial charge in [0.25, 0.3) is 5.91 Å². The van der Waals surface area contributed by atoms with Gasteiger partial charge in [0.2, 0.25) is 0 Å². The summed E-state index contributed by atoms with van der Waals surface area (Å²) in [7, 11) is 1.69. The van der Waals surface area contributed by atoms with Gasteiger partial charge in [-0.05, 0) is 59.5 Å². The standard InChI is InChI=1S/C26H42N2O6/c1-18-14-20(16-22(15-18)32-12-7-11-31-6)19(2)28(21-8-9-21)24(29)23-17-27(10-13-33-23)25(30)34-26(3,4)5/h14-15,19,21-23H,7-13,16-17H2,1-6H3/t19?,22?,23-/m1/s1. The van der Waals surface area contributed by atoms with Crippen molar-refractivity contribution in [3.8, 4) is 0 Å². The number of hydrogen-bond acceptors (Lipinski definition) is 6. The third-order valence-electron chi connectivity index (χ3n) is 6.27. The fourth-order valence-electron chi connectivity index (χ4n) is 4.50. The fourth-order valence-corrected chi connectivity index (χ4v) is 4.50. The van der Waals surface area contributed by atoms with Gasteiger partial charge in [0, 0.05) is 39.3 Å². The molecule has 2 fully saturated rings. The molecule has 192 valence electrons. The predicted octanol–water partition coefficient (Wildman–Crippen LogP) is 3.70. The fraction of sp³-hybridized carbons (Fsp3) is 0.769. The van der Waals surface area contributed by atoms with Crippen LogP contribution in [0.4, 0.5) is 4.79 Å². The van der Waals surface area contributed by atoms with Gasteiger partial charge in [0.1, 0.15) is 5.60 Å². The summed E-state index contributed by atoms with van der Waals surface area (Å²) < 4.78 is 22.5. The zero-order valence-electron chi connectivity index (χ0n) is 21.7. The van der Waals surface area contributed by atoms with E-state index in [2.05, 4.69) is 26.0 Å². The molecule has 3 rings (SSSR count). The molecule has 0 bridgehead atoms. The van der Waals surface area contributed by atoms with E-state index in [0.29, 0.717) is 26.4 Å². The number of carbonyl (C=O) groups is 2. The van der Waals surface area contributed by atoms with Crippen LogP contribution >= 0.6 is 0 Å². The molecule has 1 aliphatic heterocycles. The summed E-state index contributed by atoms with van der Waals surface area (Å²) in [6.45, 7) is 12.0. The highest BCUT2D eigenvalue weighted by molar-refractivity contribution is 5.83. The molecule has 8 heteroatoms. The van der Waals surface area contributed by atoms with E-state index in [1.807, 2.05) is 25.7 Å². The lowest BCUT2D eigenvalue weighted by Gasteiger charge is -2.39. The average molecular weight is 479 g/mol. The molecule has 0 radical (unpaired) electrons. The molecule has 1 heterocycles. The zero-order valence-corrected chi connectivity index (χ0v) is 21.7. The van der Waals surface area contributed by atoms with Gasteiger partial charge in [-0.15, -0.1) is 0 Å². The number of hydrogen-bond donors (Lipinski definition) is 0. The molecule has 34 heavy (non-hydrogen) atoms. The van der Waals surface area contributed by atoms with E-state index in [9.17, 15) is 9.59 Å². The van der Waals surface area contributed by atoms with Crippen molar-refractivity contribution in [2.75, 3.05) is 40.0 Å². The summed E-state index contributed by atoms with van der Waals surface area (Å²) in [5, 5.41) is 0. The van der Waals surface area contributed by atoms with Crippen molar-refractivity contribution in [3.63, 3.8) is 0 Å². The molecular formula is C26H42N2O6. The SMILES string of the molecule is COCCCOC1C=C(C)C=C(C(C)N(C(=O)[C@H]2CN(C(=O)OC(C)(C)C)CCO2)C2CC2)C1. The minimum atomic E-state index is -0.675. The molecule has 0 aromatic carbocycles. The molecule has 2 unspecified atom stereocenters. The molecule has 3 atom stereocenters. The van der Waals surface area contributed by atoms with Crippen molar-refractivity contribution >= 4 is 12.0 Å². The number of nitrogens with zero attached hydrogens (tertiary/aromatic N) is 2. The Morgan fingerprint density at radius 2 is 2.00 bits per heavy atom. The van der Waals surface area contributed by atoms with Crippen LogP contribution in [0.2, 0.25) is 0 Å². The predicted molar refractivity (Wildman–Crippen MR) is 130 cm³/mol. The Bertz CT molecular complexity index is 783. The minimum absolute atomic E-state index is 0.00375. The van der Waals surface area contributed by atoms with E-state index in [4.69, 9.17) is 18.9 Å². The molecule has 2 aliphatic carbocycles. The third-order valence-corrected chi connectivity index (χ3v) is 6.27. The number of allylic oxidation sites excluding steroid dienone is 2. The Labute approximate surface area is 204 Å². The van der Waals surface area contributed by atoms with Crippen LogP contribution in [0.5, 0.6) is 0 Å². The minimum Gasteiger partial charge on any atom is -0.444 e. The van der Waals surface area contributed by atoms with Gasteiger partial charge in [0.05, 0.1) is 25.3 Å². The Hall–Kier alpha value is -1.90. The first-order chi connectivity index (χ1) is 16.1. The molecule has 0 aromatic rings. The highest BCUT2D eigenvalue weighted by Gasteiger charge is 2.42. The maximum absolute atomic E-state index is 13.7. The summed E-state index contributed by atoms with van der Waals surface area (Å²) in [5.74, 6) is -0.0473. The van der Waals surface area contributed by atoms with Crippen molar-refractivity contribution < 1.29 is 28.5 Å². The van der Waals surface area contributed by atoms with Gasteiger partial charge in [0.15, 0.2) is 6.10 Å². The number of methoxy groups -OCH3 is 1. The van der Waals surface area contributed by atoms with Crippen LogP contribution in [0.15, 0.2) is 23.3 Å². The normalized spacial score (nSPS) is 24.2. The Balaban J connectivity index is 1.65. The molecule has 0 N–H and O–H groups in total. The van der Waals surface area contributed by atoms with E-state index >= 15 is 0 Å². The van der Waals surface area contributed by atoms with Crippen LogP contribution in [0.1, 0.15) is 60.3 Å². The smallest absolute Gasteiger partial charge is 0.410 e. The van der Waals surface area contributed by atoms with E-state index in [1.54, 1.807) is 12.0 Å². The molecule has 8 nitrogen and oxygen atoms in total. The van der Waals surface area contributed by atoms with Crippen molar-refractivity contribution in [2.45, 2.75) is 90.2 Å². The number of amides is 2. The summed E-state index contributed by atoms with van der Waals surface area (Å²) in [4.78, 5) is 29.8. The van der Waals surface area contributed by atoms with Crippen LogP contribution in [0.3, 0.4) is 0 Å². The summed E-state index contributed by atoms with van der Waals surface area (Å²) >= 11 is 0. The topological polar surface area (TPSA) is 77.5 Å². The van der Waals surface area contributed by atoms with Crippen molar-refractivity contribution in [3.05, 3.63) is 23.3 Å². The molecule has 0 spiro atoms. The van der Waals surface area contributed by atoms with Crippen molar-refractivity contribution in [1.29, 1.82) is 0 Å². The Morgan fingerprint density at radius 1 is 1.26 bits per heavy atom. The van der Waals surface area contributed by atoms with Gasteiger partial charge in [-0.1, -0.05) is 17.7 Å². The van der Waals surface area contributed by atoms with Crippen LogP contribution in [0.25, 0.3) is 0 Å². The second-order valence-corrected chi connectivity index (χ2v) is 10.5. The first-order valence-electron chi connectivity index (χ1n) is 12.5. The number of morpholine rings is 1. The van der Waals surface area contributed by atoms with Crippen molar-refractivity contribution in [2.24, 2.45) is 0 Å². The summed E-state index contributed by atoms with van der Waals surface area (Å²) in [6, 6.07) is 0.158. The van der Waals surface area contributed by atoms with Crippen molar-refractivity contribution in [1.82, 2.24) is 9.80 Å². The van der Waals surface area contributed by atoms with E-state index < -0.39 is 17.8 Å². The van der Waals surface area contributed by atoms with E-state index in [0.717, 1.165) is 31.3 Å². The van der Waals surface area contributed by atoms with Gasteiger partial charge < -0.3 is 28.7 Å². The Morgan fingerprint density at radius 3 is 2.65 bits per heavy atom. The number of ether oxygens (including phenoxy) is 4. The second kappa shape index (κ2) is 11.7. The highest BCUT2D eigenvalue weighted by atomic mass is 16.6. The van der Waals surface area contributed by atoms with Gasteiger partial charge in [-0.3, -0.25) is 4.79 Å². The van der Waals surface area contributed by atoms with Crippen LogP contribution in [-0.4, -0.2) is 91.7 Å². The van der Waals surface area contributed by atoms with E-state index in [-0.39, 0.29) is 30.6 Å². The summed E-state index contributed by atoms with van der Waals surface area (Å²) in [5.41, 5.74) is 1.76. The lowest BCUT2D eigenvalue weighted by atomic mass is 9.92. The van der Waals surface area contributed by atoms with Crippen LogP contribution in [-0.2, 0) is 23.7 Å². The van der Waals surface area contributed by atoms with Gasteiger partial charge in [-0.25, -0.2) is 4.79 Å².